The Morgan fingerprint density at radius 2 is 2.04 bits per heavy atom. The molecule has 0 amide bonds. The Hall–Kier alpha value is -2.44. The van der Waals surface area contributed by atoms with Crippen LogP contribution in [0.4, 0.5) is 0 Å². The van der Waals surface area contributed by atoms with E-state index in [1.807, 2.05) is 6.07 Å². The molecule has 26 heavy (non-hydrogen) atoms. The number of rotatable bonds is 4. The molecule has 7 heteroatoms. The van der Waals surface area contributed by atoms with Gasteiger partial charge in [0, 0.05) is 22.0 Å². The number of aromatic nitrogens is 2. The number of esters is 1. The number of halogens is 2. The second-order valence-electron chi connectivity index (χ2n) is 5.60. The molecule has 0 saturated heterocycles. The van der Waals surface area contributed by atoms with Crippen LogP contribution in [0.5, 0.6) is 5.75 Å². The summed E-state index contributed by atoms with van der Waals surface area (Å²) in [6.45, 7) is 5.11. The van der Waals surface area contributed by atoms with Crippen molar-refractivity contribution in [3.63, 3.8) is 0 Å². The molecule has 0 N–H and O–H groups in total. The van der Waals surface area contributed by atoms with E-state index in [4.69, 9.17) is 16.3 Å². The second-order valence-corrected chi connectivity index (χ2v) is 6.99. The first-order chi connectivity index (χ1) is 12.4. The second kappa shape index (κ2) is 7.43. The van der Waals surface area contributed by atoms with Crippen molar-refractivity contribution in [1.82, 2.24) is 9.55 Å². The van der Waals surface area contributed by atoms with Crippen LogP contribution in [0.1, 0.15) is 6.92 Å². The minimum absolute atomic E-state index is 0.109. The molecule has 3 aromatic rings. The van der Waals surface area contributed by atoms with Gasteiger partial charge in [0.25, 0.3) is 5.56 Å². The molecule has 132 valence electrons. The van der Waals surface area contributed by atoms with Gasteiger partial charge in [0.05, 0.1) is 17.4 Å². The molecule has 0 saturated carbocycles. The third-order valence-corrected chi connectivity index (χ3v) is 4.44. The van der Waals surface area contributed by atoms with E-state index in [0.717, 1.165) is 0 Å². The van der Waals surface area contributed by atoms with Gasteiger partial charge in [-0.25, -0.2) is 4.98 Å². The molecule has 0 fully saturated rings. The van der Waals surface area contributed by atoms with Gasteiger partial charge in [-0.1, -0.05) is 46.2 Å². The highest BCUT2D eigenvalue weighted by atomic mass is 79.9. The van der Waals surface area contributed by atoms with Crippen LogP contribution in [0, 0.1) is 0 Å². The number of benzene rings is 2. The number of fused-ring (bicyclic) bond motifs is 1. The van der Waals surface area contributed by atoms with Crippen LogP contribution in [0.2, 0.25) is 0 Å². The third kappa shape index (κ3) is 3.71. The highest BCUT2D eigenvalue weighted by Gasteiger charge is 2.16. The molecule has 0 atom stereocenters. The van der Waals surface area contributed by atoms with Crippen LogP contribution in [0.15, 0.2) is 63.3 Å². The topological polar surface area (TPSA) is 61.2 Å². The molecule has 0 spiro atoms. The molecule has 0 aliphatic carbocycles. The normalized spacial score (nSPS) is 10.7. The van der Waals surface area contributed by atoms with Crippen molar-refractivity contribution < 1.29 is 9.53 Å². The zero-order valence-electron chi connectivity index (χ0n) is 13.8. The molecule has 0 bridgehead atoms. The lowest BCUT2D eigenvalue weighted by atomic mass is 10.1. The fraction of sp³-hybridized carbons (Fsp3) is 0.105. The van der Waals surface area contributed by atoms with Crippen LogP contribution in [-0.4, -0.2) is 15.5 Å². The summed E-state index contributed by atoms with van der Waals surface area (Å²) in [4.78, 5) is 28.8. The van der Waals surface area contributed by atoms with E-state index >= 15 is 0 Å². The van der Waals surface area contributed by atoms with E-state index in [0.29, 0.717) is 37.5 Å². The molecule has 3 rings (SSSR count). The minimum Gasteiger partial charge on any atom is -0.427 e. The summed E-state index contributed by atoms with van der Waals surface area (Å²) >= 11 is 9.44. The maximum Gasteiger partial charge on any atom is 0.308 e. The lowest BCUT2D eigenvalue weighted by molar-refractivity contribution is -0.131. The van der Waals surface area contributed by atoms with Gasteiger partial charge >= 0.3 is 5.97 Å². The van der Waals surface area contributed by atoms with Gasteiger partial charge in [-0.2, -0.15) is 0 Å². The van der Waals surface area contributed by atoms with Gasteiger partial charge in [0.1, 0.15) is 11.6 Å². The maximum atomic E-state index is 13.0. The summed E-state index contributed by atoms with van der Waals surface area (Å²) in [5.41, 5.74) is 0.940. The third-order valence-electron chi connectivity index (χ3n) is 3.63. The SMILES string of the molecule is C=C(Cl)Cn1c(-c2cc(OC(C)=O)ccc2Br)nc2ccccc2c1=O. The Bertz CT molecular complexity index is 1090. The van der Waals surface area contributed by atoms with E-state index < -0.39 is 5.97 Å². The summed E-state index contributed by atoms with van der Waals surface area (Å²) in [6, 6.07) is 12.1. The average Bonchev–Trinajstić information content (AvgIpc) is 2.58. The molecule has 0 aliphatic rings. The van der Waals surface area contributed by atoms with Gasteiger partial charge in [0.15, 0.2) is 0 Å². The maximum absolute atomic E-state index is 13.0. The number of allylic oxidation sites excluding steroid dienone is 1. The Kier molecular flexibility index (Phi) is 5.25. The first kappa shape index (κ1) is 18.4. The van der Waals surface area contributed by atoms with E-state index in [-0.39, 0.29) is 12.1 Å². The summed E-state index contributed by atoms with van der Waals surface area (Å²) in [7, 11) is 0. The average molecular weight is 434 g/mol. The number of carbonyl (C=O) groups is 1. The molecular formula is C19H14BrClN2O3. The van der Waals surface area contributed by atoms with E-state index in [1.54, 1.807) is 36.4 Å². The number of ether oxygens (including phenoxy) is 1. The highest BCUT2D eigenvalue weighted by Crippen LogP contribution is 2.31. The van der Waals surface area contributed by atoms with Crippen molar-refractivity contribution in [3.05, 3.63) is 68.9 Å². The van der Waals surface area contributed by atoms with Crippen molar-refractivity contribution in [3.8, 4) is 17.1 Å². The van der Waals surface area contributed by atoms with E-state index in [1.165, 1.54) is 11.5 Å². The van der Waals surface area contributed by atoms with Crippen LogP contribution in [0.25, 0.3) is 22.3 Å². The molecule has 0 radical (unpaired) electrons. The monoisotopic (exact) mass is 432 g/mol. The lowest BCUT2D eigenvalue weighted by Gasteiger charge is -2.15. The largest absolute Gasteiger partial charge is 0.427 e. The summed E-state index contributed by atoms with van der Waals surface area (Å²) in [6.07, 6.45) is 0. The fourth-order valence-electron chi connectivity index (χ4n) is 2.60. The number of carbonyl (C=O) groups excluding carboxylic acids is 1. The van der Waals surface area contributed by atoms with Gasteiger partial charge in [-0.05, 0) is 30.3 Å². The van der Waals surface area contributed by atoms with Gasteiger partial charge in [0.2, 0.25) is 0 Å². The number of hydrogen-bond donors (Lipinski definition) is 0. The van der Waals surface area contributed by atoms with Crippen LogP contribution in [-0.2, 0) is 11.3 Å². The zero-order valence-corrected chi connectivity index (χ0v) is 16.2. The Morgan fingerprint density at radius 1 is 1.31 bits per heavy atom. The van der Waals surface area contributed by atoms with E-state index in [9.17, 15) is 9.59 Å². The Labute approximate surface area is 163 Å². The van der Waals surface area contributed by atoms with Crippen LogP contribution < -0.4 is 10.3 Å². The van der Waals surface area contributed by atoms with Crippen LogP contribution >= 0.6 is 27.5 Å². The van der Waals surface area contributed by atoms with Gasteiger partial charge < -0.3 is 4.74 Å². The predicted molar refractivity (Wildman–Crippen MR) is 105 cm³/mol. The standard InChI is InChI=1S/C19H14BrClN2O3/c1-11(21)10-23-18(22-17-6-4-3-5-14(17)19(23)25)15-9-13(26-12(2)24)7-8-16(15)20/h3-9H,1,10H2,2H3. The van der Waals surface area contributed by atoms with Crippen LogP contribution in [0.3, 0.4) is 0 Å². The minimum atomic E-state index is -0.434. The van der Waals surface area contributed by atoms with E-state index in [2.05, 4.69) is 27.5 Å². The zero-order chi connectivity index (χ0) is 18.8. The van der Waals surface area contributed by atoms with Crippen molar-refractivity contribution in [2.75, 3.05) is 0 Å². The number of hydrogen-bond acceptors (Lipinski definition) is 4. The molecule has 1 aromatic heterocycles. The van der Waals surface area contributed by atoms with Crippen molar-refractivity contribution in [2.24, 2.45) is 0 Å². The van der Waals surface area contributed by atoms with Crippen molar-refractivity contribution in [1.29, 1.82) is 0 Å². The predicted octanol–water partition coefficient (Wildman–Crippen LogP) is 4.50. The summed E-state index contributed by atoms with van der Waals surface area (Å²) in [5.74, 6) is 0.321. The Balaban J connectivity index is 2.31. The fourth-order valence-corrected chi connectivity index (χ4v) is 3.14. The lowest BCUT2D eigenvalue weighted by Crippen LogP contribution is -2.23. The molecule has 0 aliphatic heterocycles. The molecule has 5 nitrogen and oxygen atoms in total. The van der Waals surface area contributed by atoms with Gasteiger partial charge in [-0.15, -0.1) is 0 Å². The highest BCUT2D eigenvalue weighted by molar-refractivity contribution is 9.10. The molecule has 0 unspecified atom stereocenters. The molecule has 1 heterocycles. The molecule has 2 aromatic carbocycles. The number of nitrogens with zero attached hydrogens (tertiary/aromatic N) is 2. The molecular weight excluding hydrogens is 420 g/mol. The smallest absolute Gasteiger partial charge is 0.308 e. The van der Waals surface area contributed by atoms with Gasteiger partial charge in [-0.3, -0.25) is 14.2 Å². The van der Waals surface area contributed by atoms with Crippen molar-refractivity contribution >= 4 is 44.4 Å². The summed E-state index contributed by atoms with van der Waals surface area (Å²) < 4.78 is 7.30. The van der Waals surface area contributed by atoms with Crippen molar-refractivity contribution in [2.45, 2.75) is 13.5 Å². The Morgan fingerprint density at radius 3 is 2.73 bits per heavy atom. The quantitative estimate of drug-likeness (QED) is 0.449. The first-order valence-electron chi connectivity index (χ1n) is 7.68. The summed E-state index contributed by atoms with van der Waals surface area (Å²) in [5, 5.41) is 0.791. The number of para-hydroxylation sites is 1. The first-order valence-corrected chi connectivity index (χ1v) is 8.85.